The van der Waals surface area contributed by atoms with E-state index >= 15 is 0 Å². The van der Waals surface area contributed by atoms with E-state index in [-0.39, 0.29) is 5.92 Å². The molecule has 1 aliphatic heterocycles. The fraction of sp³-hybridized carbons (Fsp3) is 0.857. The molecule has 3 heteroatoms. The molecule has 1 aliphatic rings. The second kappa shape index (κ2) is 3.55. The molecule has 1 atom stereocenters. The van der Waals surface area contributed by atoms with Gasteiger partial charge in [-0.1, -0.05) is 0 Å². The summed E-state index contributed by atoms with van der Waals surface area (Å²) in [6, 6.07) is 2.29. The molecule has 1 rings (SSSR count). The molecular weight excluding hydrogens is 126 g/mol. The van der Waals surface area contributed by atoms with Gasteiger partial charge in [0.15, 0.2) is 0 Å². The third-order valence-corrected chi connectivity index (χ3v) is 1.92. The van der Waals surface area contributed by atoms with E-state index in [1.807, 2.05) is 7.05 Å². The van der Waals surface area contributed by atoms with Gasteiger partial charge < -0.3 is 0 Å². The smallest absolute Gasteiger partial charge is 0.0669 e. The summed E-state index contributed by atoms with van der Waals surface area (Å²) in [4.78, 5) is 0. The fourth-order valence-electron chi connectivity index (χ4n) is 1.29. The number of nitriles is 1. The molecule has 1 saturated heterocycles. The Morgan fingerprint density at radius 1 is 1.70 bits per heavy atom. The number of rotatable bonds is 1. The summed E-state index contributed by atoms with van der Waals surface area (Å²) in [5.41, 5.74) is 3.05. The molecule has 10 heavy (non-hydrogen) atoms. The van der Waals surface area contributed by atoms with E-state index in [2.05, 4.69) is 16.5 Å². The molecule has 1 unspecified atom stereocenters. The van der Waals surface area contributed by atoms with Crippen LogP contribution in [-0.2, 0) is 0 Å². The van der Waals surface area contributed by atoms with Gasteiger partial charge in [0.1, 0.15) is 0 Å². The van der Waals surface area contributed by atoms with Gasteiger partial charge in [-0.15, -0.1) is 0 Å². The van der Waals surface area contributed by atoms with E-state index in [1.165, 1.54) is 0 Å². The van der Waals surface area contributed by atoms with Crippen LogP contribution < -0.4 is 5.43 Å². The Morgan fingerprint density at radius 3 is 3.10 bits per heavy atom. The molecule has 0 aromatic heterocycles. The molecular formula is C7H13N3. The lowest BCUT2D eigenvalue weighted by Crippen LogP contribution is -2.42. The average Bonchev–Trinajstić information content (AvgIpc) is 2.05. The highest BCUT2D eigenvalue weighted by atomic mass is 15.5. The van der Waals surface area contributed by atoms with Crippen LogP contribution in [0.1, 0.15) is 12.8 Å². The third-order valence-electron chi connectivity index (χ3n) is 1.92. The van der Waals surface area contributed by atoms with E-state index in [9.17, 15) is 0 Å². The first kappa shape index (κ1) is 7.52. The zero-order valence-corrected chi connectivity index (χ0v) is 6.30. The summed E-state index contributed by atoms with van der Waals surface area (Å²) in [6.07, 6.45) is 2.20. The number of nitrogens with zero attached hydrogens (tertiary/aromatic N) is 2. The number of hydrazine groups is 1. The van der Waals surface area contributed by atoms with Crippen molar-refractivity contribution in [3.05, 3.63) is 0 Å². The molecule has 0 aliphatic carbocycles. The zero-order valence-electron chi connectivity index (χ0n) is 6.30. The van der Waals surface area contributed by atoms with Gasteiger partial charge in [-0.05, 0) is 19.9 Å². The molecule has 0 saturated carbocycles. The highest BCUT2D eigenvalue weighted by molar-refractivity contribution is 4.87. The first-order valence-corrected chi connectivity index (χ1v) is 3.68. The molecule has 1 fully saturated rings. The standard InChI is InChI=1S/C7H13N3/c1-9-10-4-2-3-7(5-8)6-10/h7,9H,2-4,6H2,1H3. The van der Waals surface area contributed by atoms with E-state index in [0.717, 1.165) is 25.9 Å². The van der Waals surface area contributed by atoms with E-state index < -0.39 is 0 Å². The first-order valence-electron chi connectivity index (χ1n) is 3.68. The summed E-state index contributed by atoms with van der Waals surface area (Å²) in [7, 11) is 1.90. The van der Waals surface area contributed by atoms with Crippen LogP contribution in [0.2, 0.25) is 0 Å². The Morgan fingerprint density at radius 2 is 2.50 bits per heavy atom. The number of piperidine rings is 1. The molecule has 3 nitrogen and oxygen atoms in total. The summed E-state index contributed by atoms with van der Waals surface area (Å²) in [6.45, 7) is 1.96. The molecule has 0 radical (unpaired) electrons. The summed E-state index contributed by atoms with van der Waals surface area (Å²) < 4.78 is 0. The van der Waals surface area contributed by atoms with Gasteiger partial charge in [0.2, 0.25) is 0 Å². The van der Waals surface area contributed by atoms with E-state index in [0.29, 0.717) is 0 Å². The van der Waals surface area contributed by atoms with Crippen LogP contribution in [0.5, 0.6) is 0 Å². The van der Waals surface area contributed by atoms with Gasteiger partial charge in [-0.2, -0.15) is 5.26 Å². The van der Waals surface area contributed by atoms with Crippen LogP contribution in [-0.4, -0.2) is 25.1 Å². The lowest BCUT2D eigenvalue weighted by Gasteiger charge is -2.28. The monoisotopic (exact) mass is 139 g/mol. The second-order valence-corrected chi connectivity index (χ2v) is 2.64. The minimum absolute atomic E-state index is 0.237. The van der Waals surface area contributed by atoms with Crippen LogP contribution in [0.3, 0.4) is 0 Å². The Bertz CT molecular complexity index is 138. The average molecular weight is 139 g/mol. The Labute approximate surface area is 61.6 Å². The van der Waals surface area contributed by atoms with Crippen molar-refractivity contribution in [2.75, 3.05) is 20.1 Å². The quantitative estimate of drug-likeness (QED) is 0.570. The van der Waals surface area contributed by atoms with Gasteiger partial charge in [-0.25, -0.2) is 5.01 Å². The van der Waals surface area contributed by atoms with Crippen molar-refractivity contribution >= 4 is 0 Å². The van der Waals surface area contributed by atoms with Gasteiger partial charge in [0, 0.05) is 13.1 Å². The van der Waals surface area contributed by atoms with Crippen LogP contribution in [0.25, 0.3) is 0 Å². The van der Waals surface area contributed by atoms with Crippen LogP contribution in [0.4, 0.5) is 0 Å². The van der Waals surface area contributed by atoms with Crippen molar-refractivity contribution in [1.29, 1.82) is 5.26 Å². The zero-order chi connectivity index (χ0) is 7.40. The minimum atomic E-state index is 0.237. The molecule has 0 spiro atoms. The maximum atomic E-state index is 8.60. The van der Waals surface area contributed by atoms with Crippen molar-refractivity contribution < 1.29 is 0 Å². The molecule has 56 valence electrons. The van der Waals surface area contributed by atoms with Crippen molar-refractivity contribution in [2.45, 2.75) is 12.8 Å². The predicted molar refractivity (Wildman–Crippen MR) is 39.0 cm³/mol. The Hall–Kier alpha value is -0.590. The van der Waals surface area contributed by atoms with Crippen molar-refractivity contribution in [1.82, 2.24) is 10.4 Å². The molecule has 0 aromatic carbocycles. The van der Waals surface area contributed by atoms with Gasteiger partial charge in [-0.3, -0.25) is 5.43 Å². The number of hydrogen-bond donors (Lipinski definition) is 1. The van der Waals surface area contributed by atoms with Crippen molar-refractivity contribution in [3.63, 3.8) is 0 Å². The largest absolute Gasteiger partial charge is 0.258 e. The van der Waals surface area contributed by atoms with E-state index in [4.69, 9.17) is 5.26 Å². The van der Waals surface area contributed by atoms with Gasteiger partial charge >= 0.3 is 0 Å². The first-order chi connectivity index (χ1) is 4.86. The topological polar surface area (TPSA) is 39.1 Å². The van der Waals surface area contributed by atoms with Crippen LogP contribution in [0.15, 0.2) is 0 Å². The maximum absolute atomic E-state index is 8.60. The van der Waals surface area contributed by atoms with Crippen LogP contribution >= 0.6 is 0 Å². The SMILES string of the molecule is CNN1CCCC(C#N)C1. The maximum Gasteiger partial charge on any atom is 0.0669 e. The number of nitrogens with one attached hydrogen (secondary N) is 1. The lowest BCUT2D eigenvalue weighted by molar-refractivity contribution is 0.148. The van der Waals surface area contributed by atoms with Crippen molar-refractivity contribution in [3.8, 4) is 6.07 Å². The molecule has 0 aromatic rings. The van der Waals surface area contributed by atoms with Gasteiger partial charge in [0.25, 0.3) is 0 Å². The molecule has 0 bridgehead atoms. The van der Waals surface area contributed by atoms with E-state index in [1.54, 1.807) is 0 Å². The number of hydrogen-bond acceptors (Lipinski definition) is 3. The second-order valence-electron chi connectivity index (χ2n) is 2.64. The van der Waals surface area contributed by atoms with Crippen LogP contribution in [0, 0.1) is 17.2 Å². The Kier molecular flexibility index (Phi) is 2.67. The summed E-state index contributed by atoms with van der Waals surface area (Å²) in [5.74, 6) is 0.237. The van der Waals surface area contributed by atoms with Crippen molar-refractivity contribution in [2.24, 2.45) is 5.92 Å². The normalized spacial score (nSPS) is 27.8. The molecule has 1 N–H and O–H groups in total. The lowest BCUT2D eigenvalue weighted by atomic mass is 10.0. The summed E-state index contributed by atoms with van der Waals surface area (Å²) in [5, 5.41) is 10.7. The third kappa shape index (κ3) is 1.69. The minimum Gasteiger partial charge on any atom is -0.258 e. The summed E-state index contributed by atoms with van der Waals surface area (Å²) >= 11 is 0. The Balaban J connectivity index is 2.33. The van der Waals surface area contributed by atoms with Gasteiger partial charge in [0.05, 0.1) is 12.0 Å². The molecule has 0 amide bonds. The highest BCUT2D eigenvalue weighted by Gasteiger charge is 2.17. The highest BCUT2D eigenvalue weighted by Crippen LogP contribution is 2.12. The fourth-order valence-corrected chi connectivity index (χ4v) is 1.29. The molecule has 1 heterocycles. The predicted octanol–water partition coefficient (Wildman–Crippen LogP) is 0.356.